The van der Waals surface area contributed by atoms with Gasteiger partial charge in [0.05, 0.1) is 5.69 Å². The third-order valence-electron chi connectivity index (χ3n) is 4.58. The van der Waals surface area contributed by atoms with E-state index in [4.69, 9.17) is 0 Å². The maximum Gasteiger partial charge on any atom is 0.321 e. The lowest BCUT2D eigenvalue weighted by atomic mass is 10.0. The molecule has 5 heteroatoms. The van der Waals surface area contributed by atoms with Crippen molar-refractivity contribution in [2.75, 3.05) is 36.4 Å². The van der Waals surface area contributed by atoms with E-state index in [1.54, 1.807) is 17.0 Å². The summed E-state index contributed by atoms with van der Waals surface area (Å²) in [6, 6.07) is 14.6. The summed E-state index contributed by atoms with van der Waals surface area (Å²) in [5.74, 6) is 0.126. The molecule has 25 heavy (non-hydrogen) atoms. The molecule has 0 saturated carbocycles. The number of carbonyl (C=O) groups excluding carboxylic acids is 1. The first-order valence-electron chi connectivity index (χ1n) is 8.70. The molecule has 1 aliphatic rings. The van der Waals surface area contributed by atoms with Crippen molar-refractivity contribution in [2.45, 2.75) is 19.8 Å². The third-order valence-corrected chi connectivity index (χ3v) is 4.58. The van der Waals surface area contributed by atoms with Crippen molar-refractivity contribution in [2.24, 2.45) is 0 Å². The van der Waals surface area contributed by atoms with Crippen molar-refractivity contribution in [1.82, 2.24) is 4.90 Å². The molecule has 1 fully saturated rings. The average Bonchev–Trinajstić information content (AvgIpc) is 2.62. The Hall–Kier alpha value is -2.56. The van der Waals surface area contributed by atoms with E-state index in [-0.39, 0.29) is 11.8 Å². The Labute approximate surface area is 148 Å². The number of halogens is 1. The molecule has 0 bridgehead atoms. The Balaban J connectivity index is 1.62. The number of hydrogen-bond donors (Lipinski definition) is 1. The predicted molar refractivity (Wildman–Crippen MR) is 99.7 cm³/mol. The first-order valence-corrected chi connectivity index (χ1v) is 8.70. The van der Waals surface area contributed by atoms with E-state index >= 15 is 0 Å². The summed E-state index contributed by atoms with van der Waals surface area (Å²) in [4.78, 5) is 16.3. The molecular weight excluding hydrogens is 317 g/mol. The molecule has 1 aliphatic heterocycles. The van der Waals surface area contributed by atoms with Crippen LogP contribution in [0.2, 0.25) is 0 Å². The van der Waals surface area contributed by atoms with Gasteiger partial charge in [-0.15, -0.1) is 0 Å². The highest BCUT2D eigenvalue weighted by atomic mass is 19.1. The van der Waals surface area contributed by atoms with E-state index in [1.807, 2.05) is 35.2 Å². The Morgan fingerprint density at radius 3 is 2.32 bits per heavy atom. The largest absolute Gasteiger partial charge is 0.366 e. The van der Waals surface area contributed by atoms with Crippen molar-refractivity contribution >= 4 is 17.4 Å². The first-order chi connectivity index (χ1) is 12.1. The minimum atomic E-state index is -0.216. The fourth-order valence-electron chi connectivity index (χ4n) is 3.17. The molecule has 0 atom stereocenters. The van der Waals surface area contributed by atoms with E-state index in [9.17, 15) is 9.18 Å². The summed E-state index contributed by atoms with van der Waals surface area (Å²) >= 11 is 0. The number of piperazine rings is 1. The average molecular weight is 341 g/mol. The minimum Gasteiger partial charge on any atom is -0.366 e. The number of carbonyl (C=O) groups is 1. The fraction of sp³-hybridized carbons (Fsp3) is 0.350. The van der Waals surface area contributed by atoms with E-state index in [0.29, 0.717) is 37.8 Å². The van der Waals surface area contributed by atoms with Gasteiger partial charge in [-0.1, -0.05) is 44.2 Å². The first kappa shape index (κ1) is 17.3. The number of anilines is 2. The maximum atomic E-state index is 13.9. The minimum absolute atomic E-state index is 0.0960. The summed E-state index contributed by atoms with van der Waals surface area (Å²) in [7, 11) is 0. The van der Waals surface area contributed by atoms with Crippen LogP contribution in [-0.2, 0) is 0 Å². The molecule has 0 unspecified atom stereocenters. The van der Waals surface area contributed by atoms with Gasteiger partial charge < -0.3 is 15.1 Å². The standard InChI is InChI=1S/C20H24FN3O/c1-15(2)16-7-3-5-9-18(16)22-20(25)24-13-11-23(12-14-24)19-10-6-4-8-17(19)21/h3-10,15H,11-14H2,1-2H3,(H,22,25). The lowest BCUT2D eigenvalue weighted by molar-refractivity contribution is 0.208. The van der Waals surface area contributed by atoms with Crippen molar-refractivity contribution in [3.8, 4) is 0 Å². The van der Waals surface area contributed by atoms with Crippen LogP contribution in [0.25, 0.3) is 0 Å². The van der Waals surface area contributed by atoms with E-state index in [0.717, 1.165) is 11.3 Å². The molecule has 0 radical (unpaired) electrons. The van der Waals surface area contributed by atoms with Gasteiger partial charge in [-0.2, -0.15) is 0 Å². The second-order valence-electron chi connectivity index (χ2n) is 6.60. The molecule has 0 aromatic heterocycles. The predicted octanol–water partition coefficient (Wildman–Crippen LogP) is 4.30. The zero-order valence-corrected chi connectivity index (χ0v) is 14.7. The van der Waals surface area contributed by atoms with Gasteiger partial charge in [0.2, 0.25) is 0 Å². The Kier molecular flexibility index (Phi) is 5.22. The highest BCUT2D eigenvalue weighted by Crippen LogP contribution is 2.24. The van der Waals surface area contributed by atoms with Crippen LogP contribution in [0.3, 0.4) is 0 Å². The molecule has 2 aromatic rings. The van der Waals surface area contributed by atoms with E-state index in [1.165, 1.54) is 6.07 Å². The van der Waals surface area contributed by atoms with Crippen LogP contribution in [0, 0.1) is 5.82 Å². The molecule has 1 saturated heterocycles. The van der Waals surface area contributed by atoms with Crippen LogP contribution in [-0.4, -0.2) is 37.1 Å². The normalized spacial score (nSPS) is 14.7. The second kappa shape index (κ2) is 7.55. The Morgan fingerprint density at radius 2 is 1.64 bits per heavy atom. The number of nitrogens with zero attached hydrogens (tertiary/aromatic N) is 2. The zero-order chi connectivity index (χ0) is 17.8. The molecule has 4 nitrogen and oxygen atoms in total. The third kappa shape index (κ3) is 3.92. The van der Waals surface area contributed by atoms with E-state index < -0.39 is 0 Å². The lowest BCUT2D eigenvalue weighted by Crippen LogP contribution is -2.50. The number of rotatable bonds is 3. The molecule has 2 amide bonds. The van der Waals surface area contributed by atoms with Gasteiger partial charge in [0.1, 0.15) is 5.82 Å². The highest BCUT2D eigenvalue weighted by Gasteiger charge is 2.23. The van der Waals surface area contributed by atoms with Gasteiger partial charge in [-0.3, -0.25) is 0 Å². The van der Waals surface area contributed by atoms with Crippen LogP contribution in [0.15, 0.2) is 48.5 Å². The van der Waals surface area contributed by atoms with Crippen molar-refractivity contribution in [1.29, 1.82) is 0 Å². The van der Waals surface area contributed by atoms with Gasteiger partial charge in [0, 0.05) is 31.9 Å². The number of para-hydroxylation sites is 2. The summed E-state index contributed by atoms with van der Waals surface area (Å²) in [6.07, 6.45) is 0. The summed E-state index contributed by atoms with van der Waals surface area (Å²) < 4.78 is 13.9. The van der Waals surface area contributed by atoms with Crippen LogP contribution in [0.4, 0.5) is 20.6 Å². The van der Waals surface area contributed by atoms with Gasteiger partial charge in [-0.05, 0) is 29.7 Å². The molecule has 132 valence electrons. The van der Waals surface area contributed by atoms with Crippen LogP contribution in [0.1, 0.15) is 25.3 Å². The molecule has 3 rings (SSSR count). The molecular formula is C20H24FN3O. The molecule has 0 aliphatic carbocycles. The quantitative estimate of drug-likeness (QED) is 0.903. The van der Waals surface area contributed by atoms with Gasteiger partial charge in [0.15, 0.2) is 0 Å². The van der Waals surface area contributed by atoms with Gasteiger partial charge in [0.25, 0.3) is 0 Å². The molecule has 0 spiro atoms. The number of urea groups is 1. The summed E-state index contributed by atoms with van der Waals surface area (Å²) in [5.41, 5.74) is 2.59. The Bertz CT molecular complexity index is 739. The molecule has 1 heterocycles. The van der Waals surface area contributed by atoms with Crippen LogP contribution in [0.5, 0.6) is 0 Å². The summed E-state index contributed by atoms with van der Waals surface area (Å²) in [6.45, 7) is 6.62. The highest BCUT2D eigenvalue weighted by molar-refractivity contribution is 5.90. The topological polar surface area (TPSA) is 35.6 Å². The van der Waals surface area contributed by atoms with Crippen molar-refractivity contribution < 1.29 is 9.18 Å². The number of amides is 2. The maximum absolute atomic E-state index is 13.9. The SMILES string of the molecule is CC(C)c1ccccc1NC(=O)N1CCN(c2ccccc2F)CC1. The second-order valence-corrected chi connectivity index (χ2v) is 6.60. The van der Waals surface area contributed by atoms with Gasteiger partial charge in [-0.25, -0.2) is 9.18 Å². The Morgan fingerprint density at radius 1 is 1.00 bits per heavy atom. The van der Waals surface area contributed by atoms with Crippen LogP contribution >= 0.6 is 0 Å². The zero-order valence-electron chi connectivity index (χ0n) is 14.7. The molecule has 2 aromatic carbocycles. The van der Waals surface area contributed by atoms with E-state index in [2.05, 4.69) is 19.2 Å². The van der Waals surface area contributed by atoms with Crippen LogP contribution < -0.4 is 10.2 Å². The van der Waals surface area contributed by atoms with Crippen molar-refractivity contribution in [3.05, 3.63) is 59.9 Å². The number of hydrogen-bond acceptors (Lipinski definition) is 2. The smallest absolute Gasteiger partial charge is 0.321 e. The summed E-state index contributed by atoms with van der Waals surface area (Å²) in [5, 5.41) is 3.02. The number of nitrogens with one attached hydrogen (secondary N) is 1. The number of benzene rings is 2. The fourth-order valence-corrected chi connectivity index (χ4v) is 3.17. The van der Waals surface area contributed by atoms with Gasteiger partial charge >= 0.3 is 6.03 Å². The lowest BCUT2D eigenvalue weighted by Gasteiger charge is -2.36. The molecule has 1 N–H and O–H groups in total. The monoisotopic (exact) mass is 341 g/mol. The van der Waals surface area contributed by atoms with Crippen molar-refractivity contribution in [3.63, 3.8) is 0 Å².